The van der Waals surface area contributed by atoms with E-state index < -0.39 is 9.84 Å². The van der Waals surface area contributed by atoms with Crippen molar-refractivity contribution in [2.45, 2.75) is 24.2 Å². The molecule has 30 heavy (non-hydrogen) atoms. The third-order valence-electron chi connectivity index (χ3n) is 5.36. The Morgan fingerprint density at radius 3 is 2.80 bits per heavy atom. The first-order chi connectivity index (χ1) is 14.4. The number of thioether (sulfide) groups is 1. The monoisotopic (exact) mass is 455 g/mol. The molecule has 4 rings (SSSR count). The SMILES string of the molecule is CN(C(=O)CSc1nnc(N2CCOCC2)n1Cc1ccco1)C1CCS(=O)(=O)C1. The van der Waals surface area contributed by atoms with E-state index in [-0.39, 0.29) is 29.2 Å². The number of carbonyl (C=O) groups is 1. The van der Waals surface area contributed by atoms with Gasteiger partial charge >= 0.3 is 0 Å². The fourth-order valence-corrected chi connectivity index (χ4v) is 6.23. The first-order valence-electron chi connectivity index (χ1n) is 9.80. The first-order valence-corrected chi connectivity index (χ1v) is 12.6. The maximum absolute atomic E-state index is 12.7. The van der Waals surface area contributed by atoms with Crippen LogP contribution in [0.5, 0.6) is 0 Å². The van der Waals surface area contributed by atoms with Gasteiger partial charge in [-0.05, 0) is 18.6 Å². The van der Waals surface area contributed by atoms with Crippen LogP contribution >= 0.6 is 11.8 Å². The van der Waals surface area contributed by atoms with Crippen molar-refractivity contribution in [1.82, 2.24) is 19.7 Å². The molecule has 2 aromatic heterocycles. The first kappa shape index (κ1) is 21.2. The number of nitrogens with zero attached hydrogens (tertiary/aromatic N) is 5. The van der Waals surface area contributed by atoms with Gasteiger partial charge in [0.05, 0.1) is 43.3 Å². The van der Waals surface area contributed by atoms with E-state index in [0.717, 1.165) is 24.8 Å². The van der Waals surface area contributed by atoms with Gasteiger partial charge in [0.25, 0.3) is 0 Å². The lowest BCUT2D eigenvalue weighted by Gasteiger charge is -2.27. The quantitative estimate of drug-likeness (QED) is 0.551. The number of rotatable bonds is 7. The van der Waals surface area contributed by atoms with E-state index in [9.17, 15) is 13.2 Å². The summed E-state index contributed by atoms with van der Waals surface area (Å²) in [5.41, 5.74) is 0. The fourth-order valence-electron chi connectivity index (χ4n) is 3.59. The summed E-state index contributed by atoms with van der Waals surface area (Å²) in [6.07, 6.45) is 2.11. The summed E-state index contributed by atoms with van der Waals surface area (Å²) in [6, 6.07) is 3.46. The molecule has 0 saturated carbocycles. The van der Waals surface area contributed by atoms with Crippen molar-refractivity contribution in [3.63, 3.8) is 0 Å². The van der Waals surface area contributed by atoms with Gasteiger partial charge in [0.15, 0.2) is 15.0 Å². The normalized spacial score (nSPS) is 21.1. The highest BCUT2D eigenvalue weighted by Gasteiger charge is 2.33. The third-order valence-corrected chi connectivity index (χ3v) is 8.06. The van der Waals surface area contributed by atoms with Gasteiger partial charge in [-0.2, -0.15) is 0 Å². The standard InChI is InChI=1S/C18H25N5O5S2/c1-21(14-4-10-30(25,26)13-14)16(24)12-29-18-20-19-17(22-5-8-27-9-6-22)23(18)11-15-3-2-7-28-15/h2-3,7,14H,4-6,8-13H2,1H3. The summed E-state index contributed by atoms with van der Waals surface area (Å²) in [5.74, 6) is 1.71. The number of hydrogen-bond donors (Lipinski definition) is 0. The molecule has 164 valence electrons. The number of amides is 1. The Hall–Kier alpha value is -2.05. The van der Waals surface area contributed by atoms with Gasteiger partial charge in [-0.1, -0.05) is 11.8 Å². The Kier molecular flexibility index (Phi) is 6.34. The zero-order valence-corrected chi connectivity index (χ0v) is 18.4. The van der Waals surface area contributed by atoms with E-state index in [2.05, 4.69) is 15.1 Å². The summed E-state index contributed by atoms with van der Waals surface area (Å²) >= 11 is 1.30. The number of anilines is 1. The molecule has 2 aliphatic heterocycles. The Labute approximate surface area is 179 Å². The molecule has 12 heteroatoms. The van der Waals surface area contributed by atoms with Crippen LogP contribution in [-0.4, -0.2) is 90.6 Å². The second-order valence-electron chi connectivity index (χ2n) is 7.40. The Bertz CT molecular complexity index is 969. The number of hydrogen-bond acceptors (Lipinski definition) is 9. The van der Waals surface area contributed by atoms with Crippen LogP contribution in [0, 0.1) is 0 Å². The fraction of sp³-hybridized carbons (Fsp3) is 0.611. The van der Waals surface area contributed by atoms with Crippen LogP contribution in [0.4, 0.5) is 5.95 Å². The van der Waals surface area contributed by atoms with Gasteiger partial charge in [-0.3, -0.25) is 9.36 Å². The highest BCUT2D eigenvalue weighted by atomic mass is 32.2. The van der Waals surface area contributed by atoms with Gasteiger partial charge in [-0.25, -0.2) is 8.42 Å². The van der Waals surface area contributed by atoms with Crippen LogP contribution < -0.4 is 4.90 Å². The van der Waals surface area contributed by atoms with Crippen molar-refractivity contribution < 1.29 is 22.4 Å². The third kappa shape index (κ3) is 4.81. The van der Waals surface area contributed by atoms with Crippen LogP contribution in [0.2, 0.25) is 0 Å². The van der Waals surface area contributed by atoms with Crippen LogP contribution in [-0.2, 0) is 25.9 Å². The maximum Gasteiger partial charge on any atom is 0.233 e. The van der Waals surface area contributed by atoms with Crippen LogP contribution in [0.25, 0.3) is 0 Å². The zero-order chi connectivity index (χ0) is 21.1. The van der Waals surface area contributed by atoms with Gasteiger partial charge < -0.3 is 19.0 Å². The van der Waals surface area contributed by atoms with Crippen molar-refractivity contribution in [1.29, 1.82) is 0 Å². The van der Waals surface area contributed by atoms with E-state index in [1.165, 1.54) is 11.8 Å². The molecule has 2 aromatic rings. The molecule has 10 nitrogen and oxygen atoms in total. The average molecular weight is 456 g/mol. The lowest BCUT2D eigenvalue weighted by Crippen LogP contribution is -2.39. The molecule has 2 saturated heterocycles. The Balaban J connectivity index is 1.46. The van der Waals surface area contributed by atoms with Crippen molar-refractivity contribution in [3.8, 4) is 0 Å². The molecular formula is C18H25N5O5S2. The smallest absolute Gasteiger partial charge is 0.233 e. The predicted molar refractivity (Wildman–Crippen MR) is 111 cm³/mol. The predicted octanol–water partition coefficient (Wildman–Crippen LogP) is 0.494. The number of ether oxygens (including phenoxy) is 1. The van der Waals surface area contributed by atoms with Gasteiger partial charge in [0, 0.05) is 26.2 Å². The maximum atomic E-state index is 12.7. The molecule has 1 atom stereocenters. The number of carbonyl (C=O) groups excluding carboxylic acids is 1. The van der Waals surface area contributed by atoms with Gasteiger partial charge in [0.1, 0.15) is 5.76 Å². The summed E-state index contributed by atoms with van der Waals surface area (Å²) in [6.45, 7) is 3.16. The van der Waals surface area contributed by atoms with Crippen molar-refractivity contribution >= 4 is 33.5 Å². The zero-order valence-electron chi connectivity index (χ0n) is 16.8. The topological polar surface area (TPSA) is 111 Å². The molecular weight excluding hydrogens is 430 g/mol. The van der Waals surface area contributed by atoms with Crippen LogP contribution in [0.15, 0.2) is 28.0 Å². The lowest BCUT2D eigenvalue weighted by atomic mass is 10.2. The lowest BCUT2D eigenvalue weighted by molar-refractivity contribution is -0.128. The van der Waals surface area contributed by atoms with E-state index in [1.807, 2.05) is 16.7 Å². The molecule has 0 spiro atoms. The molecule has 0 N–H and O–H groups in total. The van der Waals surface area contributed by atoms with Gasteiger partial charge in [-0.15, -0.1) is 10.2 Å². The number of morpholine rings is 1. The van der Waals surface area contributed by atoms with Crippen molar-refractivity contribution in [2.75, 3.05) is 55.5 Å². The van der Waals surface area contributed by atoms with Crippen molar-refractivity contribution in [2.24, 2.45) is 0 Å². The molecule has 2 aliphatic rings. The number of aromatic nitrogens is 3. The molecule has 0 aliphatic carbocycles. The molecule has 2 fully saturated rings. The molecule has 4 heterocycles. The molecule has 0 bridgehead atoms. The second kappa shape index (κ2) is 8.98. The second-order valence-corrected chi connectivity index (χ2v) is 10.6. The number of furan rings is 1. The highest BCUT2D eigenvalue weighted by molar-refractivity contribution is 7.99. The molecule has 0 aromatic carbocycles. The molecule has 1 amide bonds. The highest BCUT2D eigenvalue weighted by Crippen LogP contribution is 2.25. The Morgan fingerprint density at radius 1 is 1.33 bits per heavy atom. The minimum absolute atomic E-state index is 0.0375. The summed E-state index contributed by atoms with van der Waals surface area (Å²) in [4.78, 5) is 16.3. The summed E-state index contributed by atoms with van der Waals surface area (Å²) in [5, 5.41) is 9.28. The Morgan fingerprint density at radius 2 is 2.13 bits per heavy atom. The van der Waals surface area contributed by atoms with Crippen molar-refractivity contribution in [3.05, 3.63) is 24.2 Å². The minimum atomic E-state index is -3.04. The van der Waals surface area contributed by atoms with E-state index in [1.54, 1.807) is 18.2 Å². The van der Waals surface area contributed by atoms with Crippen LogP contribution in [0.1, 0.15) is 12.2 Å². The molecule has 0 radical (unpaired) electrons. The minimum Gasteiger partial charge on any atom is -0.467 e. The molecule has 1 unspecified atom stereocenters. The summed E-state index contributed by atoms with van der Waals surface area (Å²) < 4.78 is 36.3. The van der Waals surface area contributed by atoms with E-state index in [4.69, 9.17) is 9.15 Å². The van der Waals surface area contributed by atoms with Gasteiger partial charge in [0.2, 0.25) is 11.9 Å². The number of sulfone groups is 1. The summed E-state index contributed by atoms with van der Waals surface area (Å²) in [7, 11) is -1.37. The van der Waals surface area contributed by atoms with E-state index >= 15 is 0 Å². The van der Waals surface area contributed by atoms with E-state index in [0.29, 0.717) is 31.3 Å². The largest absolute Gasteiger partial charge is 0.467 e. The van der Waals surface area contributed by atoms with Crippen LogP contribution in [0.3, 0.4) is 0 Å². The average Bonchev–Trinajstić information content (AvgIpc) is 3.47.